The van der Waals surface area contributed by atoms with Gasteiger partial charge in [0.1, 0.15) is 5.69 Å². The number of nitrogens with zero attached hydrogens (tertiary/aromatic N) is 3. The van der Waals surface area contributed by atoms with Gasteiger partial charge in [0, 0.05) is 19.1 Å². The quantitative estimate of drug-likeness (QED) is 0.835. The summed E-state index contributed by atoms with van der Waals surface area (Å²) >= 11 is 1.60. The van der Waals surface area contributed by atoms with Crippen LogP contribution in [-0.2, 0) is 6.54 Å². The van der Waals surface area contributed by atoms with Crippen molar-refractivity contribution in [3.8, 4) is 0 Å². The largest absolute Gasteiger partial charge is 0.326 e. The van der Waals surface area contributed by atoms with Gasteiger partial charge in [-0.15, -0.1) is 11.3 Å². The van der Waals surface area contributed by atoms with Crippen molar-refractivity contribution >= 4 is 17.2 Å². The second-order valence-electron chi connectivity index (χ2n) is 5.14. The summed E-state index contributed by atoms with van der Waals surface area (Å²) in [4.78, 5) is 22.0. The number of fused-ring (bicyclic) bond motifs is 1. The molecule has 1 amide bonds. The van der Waals surface area contributed by atoms with Crippen molar-refractivity contribution in [2.75, 3.05) is 13.1 Å². The van der Waals surface area contributed by atoms with Gasteiger partial charge < -0.3 is 4.90 Å². The molecule has 18 heavy (non-hydrogen) atoms. The number of carbonyl (C=O) groups is 1. The Morgan fingerprint density at radius 3 is 2.78 bits per heavy atom. The fourth-order valence-electron chi connectivity index (χ4n) is 3.00. The molecule has 0 unspecified atom stereocenters. The molecule has 0 aromatic carbocycles. The zero-order chi connectivity index (χ0) is 12.7. The van der Waals surface area contributed by atoms with Crippen molar-refractivity contribution in [1.29, 1.82) is 0 Å². The molecule has 3 rings (SSSR count). The van der Waals surface area contributed by atoms with E-state index in [-0.39, 0.29) is 5.91 Å². The topological polar surface area (TPSA) is 36.4 Å². The molecule has 2 aliphatic rings. The Morgan fingerprint density at radius 1 is 1.44 bits per heavy atom. The van der Waals surface area contributed by atoms with E-state index in [4.69, 9.17) is 0 Å². The molecule has 0 spiro atoms. The minimum Gasteiger partial charge on any atom is -0.326 e. The Hall–Kier alpha value is -0.940. The van der Waals surface area contributed by atoms with E-state index in [1.54, 1.807) is 16.8 Å². The third kappa shape index (κ3) is 1.77. The lowest BCUT2D eigenvalue weighted by Gasteiger charge is -2.47. The molecule has 1 saturated heterocycles. The van der Waals surface area contributed by atoms with Crippen LogP contribution in [-0.4, -0.2) is 45.9 Å². The summed E-state index contributed by atoms with van der Waals surface area (Å²) in [6, 6.07) is 1.09. The third-order valence-corrected chi connectivity index (χ3v) is 5.03. The first-order valence-electron chi connectivity index (χ1n) is 6.72. The Labute approximate surface area is 112 Å². The maximum Gasteiger partial charge on any atom is 0.274 e. The van der Waals surface area contributed by atoms with E-state index in [9.17, 15) is 4.79 Å². The highest BCUT2D eigenvalue weighted by molar-refractivity contribution is 7.10. The molecule has 2 aliphatic heterocycles. The standard InChI is InChI=1S/C13H19N3OS/c1-3-9(4-2)15-5-10(6-15)16-7-11-12(13(16)17)14-8-18-11/h8-10H,3-7H2,1-2H3. The number of aromatic nitrogens is 1. The predicted octanol–water partition coefficient (Wildman–Crippen LogP) is 1.97. The molecule has 3 heterocycles. The van der Waals surface area contributed by atoms with Crippen LogP contribution in [0, 0.1) is 0 Å². The van der Waals surface area contributed by atoms with E-state index in [2.05, 4.69) is 23.7 Å². The van der Waals surface area contributed by atoms with Gasteiger partial charge in [0.2, 0.25) is 0 Å². The lowest BCUT2D eigenvalue weighted by Crippen LogP contribution is -2.62. The van der Waals surface area contributed by atoms with Crippen LogP contribution in [0.1, 0.15) is 42.1 Å². The van der Waals surface area contributed by atoms with E-state index >= 15 is 0 Å². The molecule has 0 N–H and O–H groups in total. The van der Waals surface area contributed by atoms with Crippen LogP contribution in [0.15, 0.2) is 5.51 Å². The Morgan fingerprint density at radius 2 is 2.17 bits per heavy atom. The number of carbonyl (C=O) groups excluding carboxylic acids is 1. The molecule has 4 nitrogen and oxygen atoms in total. The van der Waals surface area contributed by atoms with Gasteiger partial charge in [0.15, 0.2) is 0 Å². The Bertz CT molecular complexity index is 449. The molecular formula is C13H19N3OS. The second-order valence-corrected chi connectivity index (χ2v) is 6.07. The fraction of sp³-hybridized carbons (Fsp3) is 0.692. The van der Waals surface area contributed by atoms with Crippen molar-refractivity contribution < 1.29 is 4.79 Å². The number of hydrogen-bond acceptors (Lipinski definition) is 4. The number of thiazole rings is 1. The summed E-state index contributed by atoms with van der Waals surface area (Å²) in [6.07, 6.45) is 2.40. The van der Waals surface area contributed by atoms with Gasteiger partial charge in [-0.25, -0.2) is 4.98 Å². The monoisotopic (exact) mass is 265 g/mol. The second kappa shape index (κ2) is 4.63. The average Bonchev–Trinajstić information content (AvgIpc) is 2.87. The zero-order valence-corrected chi connectivity index (χ0v) is 11.7. The molecule has 1 fully saturated rings. The van der Waals surface area contributed by atoms with Crippen LogP contribution in [0.3, 0.4) is 0 Å². The van der Waals surface area contributed by atoms with Gasteiger partial charge >= 0.3 is 0 Å². The first kappa shape index (κ1) is 12.1. The van der Waals surface area contributed by atoms with Crippen LogP contribution in [0.25, 0.3) is 0 Å². The van der Waals surface area contributed by atoms with Crippen LogP contribution < -0.4 is 0 Å². The summed E-state index contributed by atoms with van der Waals surface area (Å²) in [6.45, 7) is 7.33. The van der Waals surface area contributed by atoms with E-state index in [0.29, 0.717) is 17.8 Å². The summed E-state index contributed by atoms with van der Waals surface area (Å²) in [5, 5.41) is 0. The van der Waals surface area contributed by atoms with Crippen LogP contribution >= 0.6 is 11.3 Å². The molecule has 0 saturated carbocycles. The first-order valence-corrected chi connectivity index (χ1v) is 7.59. The smallest absolute Gasteiger partial charge is 0.274 e. The first-order chi connectivity index (χ1) is 8.74. The van der Waals surface area contributed by atoms with Crippen molar-refractivity contribution in [3.63, 3.8) is 0 Å². The molecule has 0 aliphatic carbocycles. The minimum absolute atomic E-state index is 0.139. The maximum atomic E-state index is 12.2. The van der Waals surface area contributed by atoms with E-state index in [1.807, 2.05) is 4.90 Å². The maximum absolute atomic E-state index is 12.2. The van der Waals surface area contributed by atoms with Gasteiger partial charge in [0.05, 0.1) is 23.0 Å². The molecule has 98 valence electrons. The summed E-state index contributed by atoms with van der Waals surface area (Å²) in [5.74, 6) is 0.139. The minimum atomic E-state index is 0.139. The number of amides is 1. The van der Waals surface area contributed by atoms with Gasteiger partial charge in [-0.05, 0) is 12.8 Å². The SMILES string of the molecule is CCC(CC)N1CC(N2Cc3scnc3C2=O)C1. The van der Waals surface area contributed by atoms with Crippen molar-refractivity contribution in [3.05, 3.63) is 16.1 Å². The van der Waals surface area contributed by atoms with Gasteiger partial charge in [-0.2, -0.15) is 0 Å². The molecule has 1 aromatic heterocycles. The van der Waals surface area contributed by atoms with E-state index in [1.165, 1.54) is 12.8 Å². The summed E-state index contributed by atoms with van der Waals surface area (Å²) < 4.78 is 0. The van der Waals surface area contributed by atoms with E-state index < -0.39 is 0 Å². The molecule has 1 aromatic rings. The number of rotatable bonds is 4. The average molecular weight is 265 g/mol. The van der Waals surface area contributed by atoms with Gasteiger partial charge in [-0.1, -0.05) is 13.8 Å². The highest BCUT2D eigenvalue weighted by atomic mass is 32.1. The summed E-state index contributed by atoms with van der Waals surface area (Å²) in [7, 11) is 0. The normalized spacial score (nSPS) is 20.6. The predicted molar refractivity (Wildman–Crippen MR) is 71.7 cm³/mol. The zero-order valence-electron chi connectivity index (χ0n) is 10.9. The number of likely N-dealkylation sites (tertiary alicyclic amines) is 1. The van der Waals surface area contributed by atoms with Crippen molar-refractivity contribution in [2.45, 2.75) is 45.3 Å². The van der Waals surface area contributed by atoms with Crippen LogP contribution in [0.5, 0.6) is 0 Å². The molecular weight excluding hydrogens is 246 g/mol. The van der Waals surface area contributed by atoms with Gasteiger partial charge in [-0.3, -0.25) is 9.69 Å². The molecule has 5 heteroatoms. The highest BCUT2D eigenvalue weighted by Crippen LogP contribution is 2.30. The lowest BCUT2D eigenvalue weighted by molar-refractivity contribution is 0.00611. The third-order valence-electron chi connectivity index (χ3n) is 4.21. The van der Waals surface area contributed by atoms with Crippen LogP contribution in [0.2, 0.25) is 0 Å². The van der Waals surface area contributed by atoms with E-state index in [0.717, 1.165) is 24.5 Å². The molecule has 0 atom stereocenters. The van der Waals surface area contributed by atoms with Crippen molar-refractivity contribution in [2.24, 2.45) is 0 Å². The lowest BCUT2D eigenvalue weighted by atomic mass is 10.0. The Balaban J connectivity index is 1.61. The molecule has 0 bridgehead atoms. The highest BCUT2D eigenvalue weighted by Gasteiger charge is 2.41. The molecule has 0 radical (unpaired) electrons. The van der Waals surface area contributed by atoms with Crippen LogP contribution in [0.4, 0.5) is 0 Å². The number of hydrogen-bond donors (Lipinski definition) is 0. The fourth-order valence-corrected chi connectivity index (χ4v) is 3.75. The van der Waals surface area contributed by atoms with Crippen molar-refractivity contribution in [1.82, 2.24) is 14.8 Å². The van der Waals surface area contributed by atoms with Gasteiger partial charge in [0.25, 0.3) is 5.91 Å². The Kier molecular flexibility index (Phi) is 3.11. The summed E-state index contributed by atoms with van der Waals surface area (Å²) in [5.41, 5.74) is 2.47.